The predicted octanol–water partition coefficient (Wildman–Crippen LogP) is 5.45. The standard InChI is InChI=1S/C24H32N2O3/c1-15-16(2)21-17(12-19(15)28-6)13-24(10-7-11-24)14-26(21)20-9-8-18(27)22(25-20)29-23(3,4)5/h8-9,12,27H,7,10-11,13-14H2,1-6H3. The number of hydrogen-bond acceptors (Lipinski definition) is 5. The molecule has 0 saturated heterocycles. The molecule has 0 amide bonds. The largest absolute Gasteiger partial charge is 0.503 e. The summed E-state index contributed by atoms with van der Waals surface area (Å²) in [6.07, 6.45) is 4.84. The molecule has 2 aromatic rings. The quantitative estimate of drug-likeness (QED) is 0.747. The number of methoxy groups -OCH3 is 1. The van der Waals surface area contributed by atoms with E-state index >= 15 is 0 Å². The van der Waals surface area contributed by atoms with Gasteiger partial charge in [-0.05, 0) is 94.2 Å². The van der Waals surface area contributed by atoms with Gasteiger partial charge in [0.05, 0.1) is 7.11 Å². The van der Waals surface area contributed by atoms with Crippen LogP contribution in [0.4, 0.5) is 11.5 Å². The first-order valence-corrected chi connectivity index (χ1v) is 10.5. The van der Waals surface area contributed by atoms with E-state index in [2.05, 4.69) is 24.8 Å². The summed E-state index contributed by atoms with van der Waals surface area (Å²) in [4.78, 5) is 7.07. The molecule has 5 nitrogen and oxygen atoms in total. The van der Waals surface area contributed by atoms with E-state index in [1.165, 1.54) is 36.1 Å². The minimum Gasteiger partial charge on any atom is -0.503 e. The highest BCUT2D eigenvalue weighted by atomic mass is 16.5. The molecule has 0 unspecified atom stereocenters. The van der Waals surface area contributed by atoms with Gasteiger partial charge in [-0.25, -0.2) is 0 Å². The van der Waals surface area contributed by atoms with Gasteiger partial charge < -0.3 is 19.5 Å². The summed E-state index contributed by atoms with van der Waals surface area (Å²) in [6.45, 7) is 11.1. The van der Waals surface area contributed by atoms with Crippen molar-refractivity contribution in [1.82, 2.24) is 4.98 Å². The van der Waals surface area contributed by atoms with Crippen LogP contribution in [0.5, 0.6) is 17.4 Å². The Morgan fingerprint density at radius 3 is 2.45 bits per heavy atom. The lowest BCUT2D eigenvalue weighted by atomic mass is 9.63. The van der Waals surface area contributed by atoms with Crippen LogP contribution in [0.1, 0.15) is 56.7 Å². The van der Waals surface area contributed by atoms with Crippen LogP contribution in [0.25, 0.3) is 0 Å². The van der Waals surface area contributed by atoms with Crippen molar-refractivity contribution in [1.29, 1.82) is 0 Å². The Bertz CT molecular complexity index is 942. The van der Waals surface area contributed by atoms with Crippen LogP contribution in [-0.4, -0.2) is 29.3 Å². The lowest BCUT2D eigenvalue weighted by Crippen LogP contribution is -2.46. The number of anilines is 2. The number of ether oxygens (including phenoxy) is 2. The third-order valence-electron chi connectivity index (χ3n) is 6.36. The molecule has 1 saturated carbocycles. The van der Waals surface area contributed by atoms with Gasteiger partial charge in [0.2, 0.25) is 0 Å². The number of aromatic hydroxyl groups is 1. The van der Waals surface area contributed by atoms with E-state index in [9.17, 15) is 5.11 Å². The normalized spacial score (nSPS) is 17.7. The van der Waals surface area contributed by atoms with Crippen molar-refractivity contribution >= 4 is 11.5 Å². The lowest BCUT2D eigenvalue weighted by Gasteiger charge is -2.50. The van der Waals surface area contributed by atoms with E-state index in [-0.39, 0.29) is 11.6 Å². The fourth-order valence-electron chi connectivity index (χ4n) is 4.68. The smallest absolute Gasteiger partial charge is 0.259 e. The van der Waals surface area contributed by atoms with E-state index in [0.717, 1.165) is 30.1 Å². The van der Waals surface area contributed by atoms with Gasteiger partial charge in [-0.3, -0.25) is 0 Å². The van der Waals surface area contributed by atoms with Crippen molar-refractivity contribution in [3.8, 4) is 17.4 Å². The monoisotopic (exact) mass is 396 g/mol. The minimum absolute atomic E-state index is 0.0712. The van der Waals surface area contributed by atoms with Gasteiger partial charge in [-0.2, -0.15) is 4.98 Å². The Kier molecular flexibility index (Phi) is 4.67. The van der Waals surface area contributed by atoms with Crippen LogP contribution in [0.15, 0.2) is 18.2 Å². The van der Waals surface area contributed by atoms with Crippen LogP contribution < -0.4 is 14.4 Å². The number of nitrogens with zero attached hydrogens (tertiary/aromatic N) is 2. The van der Waals surface area contributed by atoms with Crippen molar-refractivity contribution in [2.75, 3.05) is 18.6 Å². The third-order valence-corrected chi connectivity index (χ3v) is 6.36. The molecule has 1 aliphatic carbocycles. The SMILES string of the molecule is COc1cc2c(c(C)c1C)N(c1ccc(O)c(OC(C)(C)C)n1)CC1(CCC1)C2. The highest BCUT2D eigenvalue weighted by Gasteiger charge is 2.44. The molecule has 1 N–H and O–H groups in total. The number of fused-ring (bicyclic) bond motifs is 1. The predicted molar refractivity (Wildman–Crippen MR) is 116 cm³/mol. The van der Waals surface area contributed by atoms with E-state index in [0.29, 0.717) is 5.41 Å². The molecule has 4 rings (SSSR count). The molecule has 0 bridgehead atoms. The summed E-state index contributed by atoms with van der Waals surface area (Å²) in [7, 11) is 1.74. The van der Waals surface area contributed by atoms with Crippen LogP contribution in [-0.2, 0) is 6.42 Å². The molecule has 2 heterocycles. The molecule has 5 heteroatoms. The zero-order valence-corrected chi connectivity index (χ0v) is 18.4. The molecule has 1 aliphatic heterocycles. The average Bonchev–Trinajstić information content (AvgIpc) is 2.63. The van der Waals surface area contributed by atoms with E-state index in [1.54, 1.807) is 13.2 Å². The zero-order chi connectivity index (χ0) is 21.0. The molecular formula is C24H32N2O3. The summed E-state index contributed by atoms with van der Waals surface area (Å²) in [5.41, 5.74) is 4.79. The second-order valence-corrected chi connectivity index (χ2v) is 9.66. The van der Waals surface area contributed by atoms with E-state index in [1.807, 2.05) is 26.8 Å². The van der Waals surface area contributed by atoms with Crippen LogP contribution >= 0.6 is 0 Å². The van der Waals surface area contributed by atoms with Crippen LogP contribution in [0.3, 0.4) is 0 Å². The third kappa shape index (κ3) is 3.52. The Morgan fingerprint density at radius 2 is 1.86 bits per heavy atom. The molecule has 2 aliphatic rings. The molecule has 29 heavy (non-hydrogen) atoms. The van der Waals surface area contributed by atoms with Crippen molar-refractivity contribution in [3.63, 3.8) is 0 Å². The average molecular weight is 397 g/mol. The number of hydrogen-bond donors (Lipinski definition) is 1. The van der Waals surface area contributed by atoms with E-state index < -0.39 is 5.60 Å². The summed E-state index contributed by atoms with van der Waals surface area (Å²) < 4.78 is 11.6. The number of benzene rings is 1. The Balaban J connectivity index is 1.84. The van der Waals surface area contributed by atoms with Gasteiger partial charge in [0.1, 0.15) is 17.2 Å². The van der Waals surface area contributed by atoms with Crippen LogP contribution in [0.2, 0.25) is 0 Å². The lowest BCUT2D eigenvalue weighted by molar-refractivity contribution is 0.118. The summed E-state index contributed by atoms with van der Waals surface area (Å²) in [5, 5.41) is 10.3. The van der Waals surface area contributed by atoms with Gasteiger partial charge in [-0.15, -0.1) is 0 Å². The fourth-order valence-corrected chi connectivity index (χ4v) is 4.68. The van der Waals surface area contributed by atoms with Gasteiger partial charge in [0.25, 0.3) is 5.88 Å². The maximum atomic E-state index is 10.3. The van der Waals surface area contributed by atoms with Crippen molar-refractivity contribution in [2.45, 2.75) is 65.9 Å². The zero-order valence-electron chi connectivity index (χ0n) is 18.4. The first-order chi connectivity index (χ1) is 13.6. The second-order valence-electron chi connectivity index (χ2n) is 9.66. The van der Waals surface area contributed by atoms with Gasteiger partial charge >= 0.3 is 0 Å². The highest BCUT2D eigenvalue weighted by Crippen LogP contribution is 2.53. The molecule has 1 spiro atoms. The molecular weight excluding hydrogens is 364 g/mol. The minimum atomic E-state index is -0.433. The molecule has 1 aromatic carbocycles. The van der Waals surface area contributed by atoms with Crippen molar-refractivity contribution in [2.24, 2.45) is 5.41 Å². The maximum Gasteiger partial charge on any atom is 0.259 e. The summed E-state index contributed by atoms with van der Waals surface area (Å²) in [6, 6.07) is 5.79. The van der Waals surface area contributed by atoms with E-state index in [4.69, 9.17) is 14.5 Å². The Morgan fingerprint density at radius 1 is 1.14 bits per heavy atom. The molecule has 1 fully saturated rings. The molecule has 156 valence electrons. The number of pyridine rings is 1. The summed E-state index contributed by atoms with van der Waals surface area (Å²) >= 11 is 0. The van der Waals surface area contributed by atoms with Crippen LogP contribution in [0, 0.1) is 19.3 Å². The first kappa shape index (κ1) is 19.9. The second kappa shape index (κ2) is 6.82. The highest BCUT2D eigenvalue weighted by molar-refractivity contribution is 5.73. The van der Waals surface area contributed by atoms with Gasteiger partial charge in [-0.1, -0.05) is 6.42 Å². The Hall–Kier alpha value is -2.43. The molecule has 0 atom stereocenters. The summed E-state index contributed by atoms with van der Waals surface area (Å²) in [5.74, 6) is 2.13. The molecule has 1 aromatic heterocycles. The van der Waals surface area contributed by atoms with Gasteiger partial charge in [0, 0.05) is 12.2 Å². The first-order valence-electron chi connectivity index (χ1n) is 10.5. The van der Waals surface area contributed by atoms with Gasteiger partial charge in [0.15, 0.2) is 5.75 Å². The molecule has 0 radical (unpaired) electrons. The number of aromatic nitrogens is 1. The van der Waals surface area contributed by atoms with Crippen molar-refractivity contribution in [3.05, 3.63) is 34.9 Å². The van der Waals surface area contributed by atoms with Crippen molar-refractivity contribution < 1.29 is 14.6 Å². The number of rotatable bonds is 3. The fraction of sp³-hybridized carbons (Fsp3) is 0.542. The maximum absolute atomic E-state index is 10.3. The topological polar surface area (TPSA) is 54.8 Å². The Labute approximate surface area is 173 Å².